The van der Waals surface area contributed by atoms with Crippen LogP contribution in [0.4, 0.5) is 0 Å². The van der Waals surface area contributed by atoms with Gasteiger partial charge in [0.25, 0.3) is 0 Å². The Morgan fingerprint density at radius 1 is 1.09 bits per heavy atom. The second-order valence-electron chi connectivity index (χ2n) is 8.93. The molecule has 1 aromatic carbocycles. The van der Waals surface area contributed by atoms with E-state index in [1.807, 2.05) is 26.0 Å². The minimum Gasteiger partial charge on any atom is -0.493 e. The van der Waals surface area contributed by atoms with Gasteiger partial charge < -0.3 is 14.2 Å². The number of benzene rings is 1. The quantitative estimate of drug-likeness (QED) is 0.342. The van der Waals surface area contributed by atoms with Gasteiger partial charge in [0.05, 0.1) is 13.2 Å². The van der Waals surface area contributed by atoms with Crippen LogP contribution in [0, 0.1) is 12.3 Å². The molecule has 9 nitrogen and oxygen atoms in total. The molecule has 2 aromatic heterocycles. The van der Waals surface area contributed by atoms with Crippen molar-refractivity contribution in [3.8, 4) is 11.6 Å². The summed E-state index contributed by atoms with van der Waals surface area (Å²) in [5.41, 5.74) is 2.67. The first kappa shape index (κ1) is 27.3. The van der Waals surface area contributed by atoms with E-state index in [1.165, 1.54) is 9.20 Å². The number of hydrogen-bond acceptors (Lipinski definition) is 7. The number of nitrogens with zero attached hydrogens (tertiary/aromatic N) is 4. The maximum Gasteiger partial charge on any atom is 0.242 e. The first-order chi connectivity index (χ1) is 15.6. The second kappa shape index (κ2) is 11.5. The predicted octanol–water partition coefficient (Wildman–Crippen LogP) is 3.73. The summed E-state index contributed by atoms with van der Waals surface area (Å²) in [6, 6.07) is 7.41. The summed E-state index contributed by atoms with van der Waals surface area (Å²) in [7, 11) is 1.66. The van der Waals surface area contributed by atoms with Gasteiger partial charge in [-0.05, 0) is 49.1 Å². The number of methoxy groups -OCH3 is 1. The number of aromatic nitrogens is 4. The SMILES string of the molecule is CCOc1nn2c(=N)n(CC(=O)c3cc(OCCCOC)cc(C(C)(C)C)c3)nc2cc1C.Cl. The Morgan fingerprint density at radius 3 is 2.47 bits per heavy atom. The summed E-state index contributed by atoms with van der Waals surface area (Å²) >= 11 is 0. The van der Waals surface area contributed by atoms with Crippen LogP contribution in [-0.4, -0.2) is 52.1 Å². The average molecular weight is 492 g/mol. The Morgan fingerprint density at radius 2 is 1.82 bits per heavy atom. The topological polar surface area (TPSA) is 104 Å². The molecule has 1 N–H and O–H groups in total. The number of carbonyl (C=O) groups is 1. The van der Waals surface area contributed by atoms with Crippen LogP contribution in [0.1, 0.15) is 55.6 Å². The number of Topliss-reactive ketones (excluding diaryl/α,β-unsaturated/α-hetero) is 1. The smallest absolute Gasteiger partial charge is 0.242 e. The van der Waals surface area contributed by atoms with Gasteiger partial charge in [-0.2, -0.15) is 4.52 Å². The molecule has 0 spiro atoms. The molecule has 3 rings (SSSR count). The van der Waals surface area contributed by atoms with Crippen molar-refractivity contribution in [3.63, 3.8) is 0 Å². The van der Waals surface area contributed by atoms with Crippen molar-refractivity contribution >= 4 is 23.8 Å². The molecule has 3 aromatic rings. The highest BCUT2D eigenvalue weighted by molar-refractivity contribution is 5.96. The molecule has 2 heterocycles. The lowest BCUT2D eigenvalue weighted by Crippen LogP contribution is -2.26. The molecule has 0 fully saturated rings. The van der Waals surface area contributed by atoms with E-state index in [4.69, 9.17) is 19.6 Å². The fraction of sp³-hybridized carbons (Fsp3) is 0.500. The number of halogens is 1. The van der Waals surface area contributed by atoms with Crippen molar-refractivity contribution in [3.05, 3.63) is 46.6 Å². The lowest BCUT2D eigenvalue weighted by atomic mass is 9.85. The van der Waals surface area contributed by atoms with Crippen molar-refractivity contribution in [1.29, 1.82) is 5.41 Å². The number of nitrogens with one attached hydrogen (secondary N) is 1. The Labute approximate surface area is 205 Å². The molecule has 0 amide bonds. The molecule has 0 saturated carbocycles. The highest BCUT2D eigenvalue weighted by Gasteiger charge is 2.20. The normalized spacial score (nSPS) is 11.4. The molecule has 10 heteroatoms. The van der Waals surface area contributed by atoms with Crippen molar-refractivity contribution in [1.82, 2.24) is 19.4 Å². The number of carbonyl (C=O) groups excluding carboxylic acids is 1. The van der Waals surface area contributed by atoms with Crippen molar-refractivity contribution in [2.75, 3.05) is 26.9 Å². The molecule has 0 aliphatic carbocycles. The van der Waals surface area contributed by atoms with Gasteiger partial charge in [0.15, 0.2) is 11.4 Å². The van der Waals surface area contributed by atoms with Crippen molar-refractivity contribution in [2.45, 2.75) is 53.0 Å². The molecular formula is C24H34ClN5O4. The molecule has 0 aliphatic heterocycles. The van der Waals surface area contributed by atoms with E-state index in [2.05, 4.69) is 31.0 Å². The zero-order valence-electron chi connectivity index (χ0n) is 20.7. The van der Waals surface area contributed by atoms with Crippen molar-refractivity contribution < 1.29 is 19.0 Å². The van der Waals surface area contributed by atoms with Gasteiger partial charge in [0, 0.05) is 31.3 Å². The van der Waals surface area contributed by atoms with Gasteiger partial charge in [-0.25, -0.2) is 4.68 Å². The van der Waals surface area contributed by atoms with Crippen LogP contribution in [-0.2, 0) is 16.7 Å². The Balaban J connectivity index is 0.00000408. The van der Waals surface area contributed by atoms with Gasteiger partial charge in [-0.15, -0.1) is 22.6 Å². The van der Waals surface area contributed by atoms with Crippen molar-refractivity contribution in [2.24, 2.45) is 0 Å². The predicted molar refractivity (Wildman–Crippen MR) is 131 cm³/mol. The number of ketones is 1. The third-order valence-electron chi connectivity index (χ3n) is 5.19. The zero-order valence-corrected chi connectivity index (χ0v) is 21.5. The van der Waals surface area contributed by atoms with E-state index in [0.717, 1.165) is 17.5 Å². The highest BCUT2D eigenvalue weighted by Crippen LogP contribution is 2.28. The number of aryl methyl sites for hydroxylation is 1. The summed E-state index contributed by atoms with van der Waals surface area (Å²) in [5.74, 6) is 0.931. The maximum absolute atomic E-state index is 13.2. The first-order valence-corrected chi connectivity index (χ1v) is 11.1. The Kier molecular flexibility index (Phi) is 9.23. The minimum absolute atomic E-state index is 0. The molecule has 0 atom stereocenters. The second-order valence-corrected chi connectivity index (χ2v) is 8.93. The largest absolute Gasteiger partial charge is 0.493 e. The van der Waals surface area contributed by atoms with E-state index >= 15 is 0 Å². The van der Waals surface area contributed by atoms with Crippen LogP contribution < -0.4 is 15.1 Å². The fourth-order valence-corrected chi connectivity index (χ4v) is 3.33. The lowest BCUT2D eigenvalue weighted by molar-refractivity contribution is 0.0964. The van der Waals surface area contributed by atoms with E-state index in [-0.39, 0.29) is 35.8 Å². The Bertz CT molecular complexity index is 1200. The molecule has 0 unspecified atom stereocenters. The van der Waals surface area contributed by atoms with E-state index in [0.29, 0.717) is 42.7 Å². The average Bonchev–Trinajstić information content (AvgIpc) is 3.05. The van der Waals surface area contributed by atoms with Gasteiger partial charge in [-0.1, -0.05) is 20.8 Å². The molecular weight excluding hydrogens is 458 g/mol. The van der Waals surface area contributed by atoms with Crippen LogP contribution >= 0.6 is 12.4 Å². The van der Waals surface area contributed by atoms with Gasteiger partial charge in [0.2, 0.25) is 11.5 Å². The third-order valence-corrected chi connectivity index (χ3v) is 5.19. The third kappa shape index (κ3) is 6.36. The molecule has 186 valence electrons. The van der Waals surface area contributed by atoms with Gasteiger partial charge >= 0.3 is 0 Å². The first-order valence-electron chi connectivity index (χ1n) is 11.1. The van der Waals surface area contributed by atoms with Crippen LogP contribution in [0.2, 0.25) is 0 Å². The number of hydrogen-bond donors (Lipinski definition) is 1. The summed E-state index contributed by atoms with van der Waals surface area (Å²) < 4.78 is 19.2. The number of fused-ring (bicyclic) bond motifs is 1. The summed E-state index contributed by atoms with van der Waals surface area (Å²) in [4.78, 5) is 13.2. The van der Waals surface area contributed by atoms with E-state index in [9.17, 15) is 4.79 Å². The molecule has 0 bridgehead atoms. The number of rotatable bonds is 10. The van der Waals surface area contributed by atoms with Crippen LogP contribution in [0.25, 0.3) is 5.65 Å². The molecule has 0 aliphatic rings. The number of ether oxygens (including phenoxy) is 3. The zero-order chi connectivity index (χ0) is 24.2. The van der Waals surface area contributed by atoms with Gasteiger partial charge in [-0.3, -0.25) is 10.2 Å². The lowest BCUT2D eigenvalue weighted by Gasteiger charge is -2.21. The molecule has 34 heavy (non-hydrogen) atoms. The molecule has 0 radical (unpaired) electrons. The summed E-state index contributed by atoms with van der Waals surface area (Å²) in [5, 5.41) is 17.2. The van der Waals surface area contributed by atoms with E-state index < -0.39 is 0 Å². The van der Waals surface area contributed by atoms with Crippen LogP contribution in [0.3, 0.4) is 0 Å². The monoisotopic (exact) mass is 491 g/mol. The van der Waals surface area contributed by atoms with Gasteiger partial charge in [0.1, 0.15) is 12.3 Å². The summed E-state index contributed by atoms with van der Waals surface area (Å²) in [6.45, 7) is 11.5. The fourth-order valence-electron chi connectivity index (χ4n) is 3.33. The maximum atomic E-state index is 13.2. The molecule has 0 saturated heterocycles. The summed E-state index contributed by atoms with van der Waals surface area (Å²) in [6.07, 6.45) is 0.759. The minimum atomic E-state index is -0.161. The van der Waals surface area contributed by atoms with Crippen LogP contribution in [0.15, 0.2) is 24.3 Å². The van der Waals surface area contributed by atoms with Crippen LogP contribution in [0.5, 0.6) is 11.6 Å². The Hall–Kier alpha value is -2.91. The highest BCUT2D eigenvalue weighted by atomic mass is 35.5. The standard InChI is InChI=1S/C24H33N5O4.ClH/c1-7-32-22-16(2)11-21-26-28(23(25)29(21)27-22)15-20(30)17-12-18(24(3,4)5)14-19(13-17)33-10-8-9-31-6;/h11-14,25H,7-10,15H2,1-6H3;1H. The van der Waals surface area contributed by atoms with E-state index in [1.54, 1.807) is 19.2 Å².